The molecular formula is C29H24F2N6O3. The lowest BCUT2D eigenvalue weighted by Gasteiger charge is -2.21. The van der Waals surface area contributed by atoms with Crippen LogP contribution in [0.4, 0.5) is 8.78 Å². The summed E-state index contributed by atoms with van der Waals surface area (Å²) in [5, 5.41) is 20.5. The molecule has 9 nitrogen and oxygen atoms in total. The molecular weight excluding hydrogens is 518 g/mol. The first-order valence-corrected chi connectivity index (χ1v) is 12.5. The van der Waals surface area contributed by atoms with Crippen LogP contribution in [0, 0.1) is 17.0 Å². The molecule has 0 saturated carbocycles. The van der Waals surface area contributed by atoms with Crippen LogP contribution in [0.2, 0.25) is 0 Å². The molecule has 0 atom stereocenters. The summed E-state index contributed by atoms with van der Waals surface area (Å²) in [5.41, 5.74) is 2.98. The maximum absolute atomic E-state index is 15.3. The third-order valence-electron chi connectivity index (χ3n) is 6.68. The molecule has 40 heavy (non-hydrogen) atoms. The first-order valence-electron chi connectivity index (χ1n) is 12.5. The van der Waals surface area contributed by atoms with E-state index in [9.17, 15) is 14.3 Å². The van der Waals surface area contributed by atoms with Gasteiger partial charge in [-0.2, -0.15) is 4.98 Å². The van der Waals surface area contributed by atoms with Crippen molar-refractivity contribution < 1.29 is 23.1 Å². The molecule has 0 unspecified atom stereocenters. The van der Waals surface area contributed by atoms with Gasteiger partial charge in [-0.25, -0.2) is 8.78 Å². The summed E-state index contributed by atoms with van der Waals surface area (Å²) in [6.45, 7) is 3.76. The number of oxazole rings is 1. The Bertz CT molecular complexity index is 1870. The van der Waals surface area contributed by atoms with Crippen LogP contribution in [-0.4, -0.2) is 48.1 Å². The van der Waals surface area contributed by atoms with Crippen LogP contribution in [0.1, 0.15) is 24.2 Å². The smallest absolute Gasteiger partial charge is 0.306 e. The fourth-order valence-electron chi connectivity index (χ4n) is 4.40. The van der Waals surface area contributed by atoms with Gasteiger partial charge >= 0.3 is 5.84 Å². The molecule has 0 radical (unpaired) electrons. The van der Waals surface area contributed by atoms with E-state index in [4.69, 9.17) is 4.42 Å². The van der Waals surface area contributed by atoms with Crippen LogP contribution in [0.15, 0.2) is 77.7 Å². The number of amides is 1. The molecule has 11 heteroatoms. The molecule has 4 aromatic heterocycles. The van der Waals surface area contributed by atoms with Crippen LogP contribution in [0.5, 0.6) is 0 Å². The Morgan fingerprint density at radius 1 is 1.02 bits per heavy atom. The van der Waals surface area contributed by atoms with E-state index in [2.05, 4.69) is 20.5 Å². The lowest BCUT2D eigenvalue weighted by atomic mass is 9.95. The molecule has 6 aromatic rings. The van der Waals surface area contributed by atoms with Gasteiger partial charge < -0.3 is 14.8 Å². The third kappa shape index (κ3) is 4.50. The highest BCUT2D eigenvalue weighted by Gasteiger charge is 2.22. The van der Waals surface area contributed by atoms with E-state index in [0.717, 1.165) is 6.07 Å². The Balaban J connectivity index is 1.39. The van der Waals surface area contributed by atoms with Crippen molar-refractivity contribution in [1.29, 1.82) is 0 Å². The average molecular weight is 543 g/mol. The molecule has 0 aliphatic rings. The molecule has 6 rings (SSSR count). The number of nitrogens with one attached hydrogen (secondary N) is 1. The van der Waals surface area contributed by atoms with Gasteiger partial charge in [0.25, 0.3) is 5.91 Å². The Kier molecular flexibility index (Phi) is 6.15. The van der Waals surface area contributed by atoms with Crippen molar-refractivity contribution >= 4 is 17.4 Å². The first-order chi connectivity index (χ1) is 19.2. The molecule has 0 bridgehead atoms. The number of halogens is 2. The molecule has 0 aliphatic carbocycles. The SMILES string of the molecule is CC(C)(CO)CNC(=O)c1ccc(-c2nnc3ccc(-c4c(-c5ccc(F)cc5)nc5occn45)cn23)c(F)c1. The van der Waals surface area contributed by atoms with E-state index in [1.165, 1.54) is 30.5 Å². The zero-order valence-electron chi connectivity index (χ0n) is 21.6. The second kappa shape index (κ2) is 9.69. The summed E-state index contributed by atoms with van der Waals surface area (Å²) in [6.07, 6.45) is 5.01. The number of rotatable bonds is 7. The molecule has 0 saturated heterocycles. The number of carbonyl (C=O) groups excluding carboxylic acids is 1. The predicted octanol–water partition coefficient (Wildman–Crippen LogP) is 5.00. The molecule has 0 fully saturated rings. The number of aliphatic hydroxyl groups excluding tert-OH is 1. The number of aliphatic hydroxyl groups is 1. The highest BCUT2D eigenvalue weighted by Crippen LogP contribution is 2.34. The average Bonchev–Trinajstić information content (AvgIpc) is 3.67. The number of aromatic nitrogens is 5. The van der Waals surface area contributed by atoms with Crippen molar-refractivity contribution in [1.82, 2.24) is 29.3 Å². The summed E-state index contributed by atoms with van der Waals surface area (Å²) in [4.78, 5) is 17.2. The predicted molar refractivity (Wildman–Crippen MR) is 143 cm³/mol. The van der Waals surface area contributed by atoms with Crippen molar-refractivity contribution in [3.8, 4) is 33.9 Å². The second-order valence-corrected chi connectivity index (χ2v) is 10.2. The molecule has 0 spiro atoms. The van der Waals surface area contributed by atoms with Gasteiger partial charge in [-0.3, -0.25) is 13.6 Å². The van der Waals surface area contributed by atoms with E-state index >= 15 is 4.39 Å². The Morgan fingerprint density at radius 3 is 2.55 bits per heavy atom. The van der Waals surface area contributed by atoms with Crippen molar-refractivity contribution in [3.63, 3.8) is 0 Å². The fourth-order valence-corrected chi connectivity index (χ4v) is 4.40. The number of hydrogen-bond acceptors (Lipinski definition) is 6. The summed E-state index contributed by atoms with van der Waals surface area (Å²) in [6, 6.07) is 13.8. The summed E-state index contributed by atoms with van der Waals surface area (Å²) in [7, 11) is 0. The van der Waals surface area contributed by atoms with E-state index < -0.39 is 17.1 Å². The van der Waals surface area contributed by atoms with E-state index in [1.807, 2.05) is 19.9 Å². The summed E-state index contributed by atoms with van der Waals surface area (Å²) >= 11 is 0. The van der Waals surface area contributed by atoms with Crippen molar-refractivity contribution in [2.45, 2.75) is 13.8 Å². The normalized spacial score (nSPS) is 11.9. The van der Waals surface area contributed by atoms with Crippen LogP contribution in [0.3, 0.4) is 0 Å². The van der Waals surface area contributed by atoms with Crippen LogP contribution >= 0.6 is 0 Å². The monoisotopic (exact) mass is 542 g/mol. The molecule has 4 heterocycles. The zero-order chi connectivity index (χ0) is 28.0. The van der Waals surface area contributed by atoms with Gasteiger partial charge in [0, 0.05) is 47.7 Å². The Hall–Kier alpha value is -4.90. The van der Waals surface area contributed by atoms with Crippen LogP contribution < -0.4 is 5.32 Å². The fraction of sp³-hybridized carbons (Fsp3) is 0.172. The number of fused-ring (bicyclic) bond motifs is 2. The second-order valence-electron chi connectivity index (χ2n) is 10.2. The Labute approximate surface area is 226 Å². The topological polar surface area (TPSA) is 110 Å². The lowest BCUT2D eigenvalue weighted by molar-refractivity contribution is 0.0910. The maximum atomic E-state index is 15.3. The number of carbonyl (C=O) groups is 1. The van der Waals surface area contributed by atoms with Gasteiger partial charge in [0.2, 0.25) is 0 Å². The van der Waals surface area contributed by atoms with Crippen molar-refractivity contribution in [2.24, 2.45) is 5.41 Å². The van der Waals surface area contributed by atoms with Gasteiger partial charge in [0.1, 0.15) is 23.6 Å². The minimum Gasteiger partial charge on any atom is -0.432 e. The molecule has 2 N–H and O–H groups in total. The van der Waals surface area contributed by atoms with Gasteiger partial charge in [-0.1, -0.05) is 13.8 Å². The minimum absolute atomic E-state index is 0.0979. The number of nitrogens with zero attached hydrogens (tertiary/aromatic N) is 5. The van der Waals surface area contributed by atoms with Crippen LogP contribution in [-0.2, 0) is 0 Å². The zero-order valence-corrected chi connectivity index (χ0v) is 21.6. The summed E-state index contributed by atoms with van der Waals surface area (Å²) < 4.78 is 37.9. The number of pyridine rings is 1. The highest BCUT2D eigenvalue weighted by molar-refractivity contribution is 5.94. The lowest BCUT2D eigenvalue weighted by Crippen LogP contribution is -2.36. The molecule has 202 valence electrons. The number of benzene rings is 2. The quantitative estimate of drug-likeness (QED) is 0.294. The van der Waals surface area contributed by atoms with Gasteiger partial charge in [0.15, 0.2) is 11.5 Å². The largest absolute Gasteiger partial charge is 0.432 e. The standard InChI is InChI=1S/C29H24F2N6O3/c1-29(2,16-38)15-32-27(39)18-5-9-21(22(31)13-18)26-35-34-23-10-6-19(14-37(23)26)25-24(17-3-7-20(30)8-4-17)33-28-36(25)11-12-40-28/h3-14,38H,15-16H2,1-2H3,(H,32,39). The Morgan fingerprint density at radius 2 is 1.80 bits per heavy atom. The molecule has 1 amide bonds. The highest BCUT2D eigenvalue weighted by atomic mass is 19.1. The first kappa shape index (κ1) is 25.4. The van der Waals surface area contributed by atoms with E-state index in [0.29, 0.717) is 34.0 Å². The number of imidazole rings is 1. The summed E-state index contributed by atoms with van der Waals surface area (Å²) in [5.74, 6) is -0.830. The van der Waals surface area contributed by atoms with Gasteiger partial charge in [0.05, 0.1) is 11.3 Å². The molecule has 2 aromatic carbocycles. The van der Waals surface area contributed by atoms with Crippen LogP contribution in [0.25, 0.3) is 45.4 Å². The van der Waals surface area contributed by atoms with Crippen molar-refractivity contribution in [2.75, 3.05) is 13.2 Å². The van der Waals surface area contributed by atoms with Gasteiger partial charge in [-0.15, -0.1) is 10.2 Å². The van der Waals surface area contributed by atoms with E-state index in [-0.39, 0.29) is 35.9 Å². The van der Waals surface area contributed by atoms with Crippen molar-refractivity contribution in [3.05, 3.63) is 90.5 Å². The molecule has 0 aliphatic heterocycles. The van der Waals surface area contributed by atoms with Gasteiger partial charge in [-0.05, 0) is 54.6 Å². The third-order valence-corrected chi connectivity index (χ3v) is 6.68. The maximum Gasteiger partial charge on any atom is 0.306 e. The number of hydrogen-bond donors (Lipinski definition) is 2. The van der Waals surface area contributed by atoms with E-state index in [1.54, 1.807) is 39.4 Å². The minimum atomic E-state index is -0.637.